The summed E-state index contributed by atoms with van der Waals surface area (Å²) in [5, 5.41) is 3.00. The number of allylic oxidation sites excluding steroid dienone is 1. The van der Waals surface area contributed by atoms with Gasteiger partial charge < -0.3 is 10.2 Å². The number of hydrogen-bond donors (Lipinski definition) is 1. The molecule has 7 rings (SSSR count). The molecule has 196 valence electrons. The molecule has 1 saturated heterocycles. The lowest BCUT2D eigenvalue weighted by atomic mass is 9.64. The van der Waals surface area contributed by atoms with E-state index in [2.05, 4.69) is 5.32 Å². The molecule has 3 aliphatic rings. The van der Waals surface area contributed by atoms with E-state index in [9.17, 15) is 14.4 Å². The molecule has 4 aromatic rings. The molecule has 0 aromatic heterocycles. The quantitative estimate of drug-likeness (QED) is 0.327. The van der Waals surface area contributed by atoms with E-state index in [1.165, 1.54) is 18.2 Å². The molecule has 6 heteroatoms. The van der Waals surface area contributed by atoms with Crippen molar-refractivity contribution in [2.75, 3.05) is 10.2 Å². The second-order valence-corrected chi connectivity index (χ2v) is 10.6. The molecule has 4 atom stereocenters. The Morgan fingerprint density at radius 3 is 2.30 bits per heavy atom. The van der Waals surface area contributed by atoms with Crippen molar-refractivity contribution in [3.05, 3.63) is 137 Å². The van der Waals surface area contributed by atoms with Crippen LogP contribution in [0.25, 0.3) is 5.57 Å². The topological polar surface area (TPSA) is 66.5 Å². The van der Waals surface area contributed by atoms with Gasteiger partial charge in [0, 0.05) is 22.5 Å². The van der Waals surface area contributed by atoms with Crippen LogP contribution in [-0.4, -0.2) is 29.6 Å². The van der Waals surface area contributed by atoms with Crippen molar-refractivity contribution in [3.63, 3.8) is 0 Å². The third-order valence-electron chi connectivity index (χ3n) is 8.63. The Hall–Kier alpha value is -4.84. The highest BCUT2D eigenvalue weighted by molar-refractivity contribution is 6.18. The lowest BCUT2D eigenvalue weighted by molar-refractivity contribution is -0.121. The first-order valence-electron chi connectivity index (χ1n) is 13.3. The van der Waals surface area contributed by atoms with Gasteiger partial charge in [-0.05, 0) is 42.3 Å². The summed E-state index contributed by atoms with van der Waals surface area (Å²) in [5.74, 6) is -3.13. The Labute approximate surface area is 231 Å². The number of benzene rings is 4. The summed E-state index contributed by atoms with van der Waals surface area (Å²) in [7, 11) is 0. The molecular formula is C34H25FN2O3. The number of carbonyl (C=O) groups excluding carboxylic acids is 3. The first kappa shape index (κ1) is 24.2. The SMILES string of the molecule is CC1=C[C@@H]2N(c3ccccc31)[C@H](C(=O)c1ccccc1)[C@H](C(=O)c1ccccc1F)[C@]21C(=O)Nc2ccccc21. The number of halogens is 1. The van der Waals surface area contributed by atoms with Gasteiger partial charge in [0.15, 0.2) is 11.6 Å². The van der Waals surface area contributed by atoms with Crippen LogP contribution in [0.5, 0.6) is 0 Å². The zero-order valence-electron chi connectivity index (χ0n) is 21.7. The van der Waals surface area contributed by atoms with Crippen molar-refractivity contribution in [2.45, 2.75) is 24.4 Å². The number of nitrogens with zero attached hydrogens (tertiary/aromatic N) is 1. The number of carbonyl (C=O) groups is 3. The minimum absolute atomic E-state index is 0.135. The van der Waals surface area contributed by atoms with Crippen molar-refractivity contribution in [1.82, 2.24) is 0 Å². The van der Waals surface area contributed by atoms with Crippen LogP contribution >= 0.6 is 0 Å². The summed E-state index contributed by atoms with van der Waals surface area (Å²) in [6.07, 6.45) is 1.99. The van der Waals surface area contributed by atoms with E-state index in [0.29, 0.717) is 16.8 Å². The number of rotatable bonds is 4. The van der Waals surface area contributed by atoms with Gasteiger partial charge in [-0.15, -0.1) is 0 Å². The molecule has 3 heterocycles. The fourth-order valence-corrected chi connectivity index (χ4v) is 6.99. The second kappa shape index (κ2) is 8.85. The maximum atomic E-state index is 15.3. The van der Waals surface area contributed by atoms with E-state index < -0.39 is 35.0 Å². The normalized spacial score (nSPS) is 24.1. The summed E-state index contributed by atoms with van der Waals surface area (Å²) in [5.41, 5.74) is 2.67. The number of Topliss-reactive ketones (excluding diaryl/α,β-unsaturated/α-hetero) is 2. The Morgan fingerprint density at radius 1 is 0.825 bits per heavy atom. The Morgan fingerprint density at radius 2 is 1.50 bits per heavy atom. The fourth-order valence-electron chi connectivity index (χ4n) is 6.99. The number of amides is 1. The average Bonchev–Trinajstić information content (AvgIpc) is 3.45. The van der Waals surface area contributed by atoms with Crippen LogP contribution in [0.1, 0.15) is 38.8 Å². The molecule has 0 radical (unpaired) electrons. The molecule has 1 fully saturated rings. The van der Waals surface area contributed by atoms with Gasteiger partial charge in [-0.3, -0.25) is 14.4 Å². The molecule has 0 aliphatic carbocycles. The Balaban J connectivity index is 1.57. The first-order valence-corrected chi connectivity index (χ1v) is 13.3. The Kier molecular flexibility index (Phi) is 5.36. The summed E-state index contributed by atoms with van der Waals surface area (Å²) < 4.78 is 15.3. The molecule has 1 N–H and O–H groups in total. The first-order chi connectivity index (χ1) is 19.4. The van der Waals surface area contributed by atoms with Crippen molar-refractivity contribution < 1.29 is 18.8 Å². The van der Waals surface area contributed by atoms with Crippen LogP contribution in [0.4, 0.5) is 15.8 Å². The molecule has 1 spiro atoms. The molecule has 4 aromatic carbocycles. The van der Waals surface area contributed by atoms with E-state index in [1.54, 1.807) is 36.4 Å². The predicted molar refractivity (Wildman–Crippen MR) is 152 cm³/mol. The van der Waals surface area contributed by atoms with E-state index in [-0.39, 0.29) is 17.3 Å². The van der Waals surface area contributed by atoms with Crippen molar-refractivity contribution >= 4 is 34.4 Å². The smallest absolute Gasteiger partial charge is 0.238 e. The molecule has 0 bridgehead atoms. The molecule has 5 nitrogen and oxygen atoms in total. The third-order valence-corrected chi connectivity index (χ3v) is 8.63. The third kappa shape index (κ3) is 3.16. The maximum absolute atomic E-state index is 15.3. The molecular weight excluding hydrogens is 503 g/mol. The monoisotopic (exact) mass is 528 g/mol. The average molecular weight is 529 g/mol. The van der Waals surface area contributed by atoms with Gasteiger partial charge >= 0.3 is 0 Å². The van der Waals surface area contributed by atoms with Crippen molar-refractivity contribution in [2.24, 2.45) is 5.92 Å². The lowest BCUT2D eigenvalue weighted by Gasteiger charge is -2.39. The van der Waals surface area contributed by atoms with Gasteiger partial charge in [-0.25, -0.2) is 4.39 Å². The molecule has 0 unspecified atom stereocenters. The Bertz CT molecular complexity index is 1750. The van der Waals surface area contributed by atoms with Crippen LogP contribution in [0.15, 0.2) is 109 Å². The van der Waals surface area contributed by atoms with Crippen LogP contribution in [0.2, 0.25) is 0 Å². The van der Waals surface area contributed by atoms with Gasteiger partial charge in [-0.1, -0.05) is 84.9 Å². The minimum atomic E-state index is -1.47. The van der Waals surface area contributed by atoms with Crippen LogP contribution < -0.4 is 10.2 Å². The molecule has 40 heavy (non-hydrogen) atoms. The van der Waals surface area contributed by atoms with Gasteiger partial charge in [-0.2, -0.15) is 0 Å². The number of fused-ring (bicyclic) bond motifs is 6. The summed E-state index contributed by atoms with van der Waals surface area (Å²) >= 11 is 0. The summed E-state index contributed by atoms with van der Waals surface area (Å²) in [6.45, 7) is 1.97. The standard InChI is InChI=1S/C34H25FN2O3/c1-20-19-28-34(24-15-7-9-17-26(24)36-33(34)40)29(32(39)23-14-5-8-16-25(23)35)30(31(38)21-11-3-2-4-12-21)37(28)27-18-10-6-13-22(20)27/h2-19,28-30H,1H3,(H,36,40)/t28-,29+,30-,34+/m0/s1. The van der Waals surface area contributed by atoms with Gasteiger partial charge in [0.2, 0.25) is 5.91 Å². The number of hydrogen-bond acceptors (Lipinski definition) is 4. The molecule has 1 amide bonds. The summed E-state index contributed by atoms with van der Waals surface area (Å²) in [4.78, 5) is 45.5. The van der Waals surface area contributed by atoms with Crippen LogP contribution in [0.3, 0.4) is 0 Å². The largest absolute Gasteiger partial charge is 0.352 e. The van der Waals surface area contributed by atoms with Gasteiger partial charge in [0.05, 0.1) is 17.5 Å². The molecule has 0 saturated carbocycles. The predicted octanol–water partition coefficient (Wildman–Crippen LogP) is 6.07. The van der Waals surface area contributed by atoms with Crippen LogP contribution in [0, 0.1) is 11.7 Å². The van der Waals surface area contributed by atoms with Gasteiger partial charge in [0.25, 0.3) is 0 Å². The number of para-hydroxylation sites is 2. The lowest BCUT2D eigenvalue weighted by Crippen LogP contribution is -2.51. The van der Waals surface area contributed by atoms with Crippen molar-refractivity contribution in [1.29, 1.82) is 0 Å². The zero-order chi connectivity index (χ0) is 27.6. The highest BCUT2D eigenvalue weighted by atomic mass is 19.1. The van der Waals surface area contributed by atoms with E-state index >= 15 is 4.39 Å². The number of nitrogens with one attached hydrogen (secondary N) is 1. The second-order valence-electron chi connectivity index (χ2n) is 10.6. The zero-order valence-corrected chi connectivity index (χ0v) is 21.7. The highest BCUT2D eigenvalue weighted by Gasteiger charge is 2.70. The number of anilines is 2. The highest BCUT2D eigenvalue weighted by Crippen LogP contribution is 2.58. The summed E-state index contributed by atoms with van der Waals surface area (Å²) in [6, 6.07) is 27.9. The van der Waals surface area contributed by atoms with Gasteiger partial charge in [0.1, 0.15) is 17.3 Å². The number of ketones is 2. The molecule has 3 aliphatic heterocycles. The van der Waals surface area contributed by atoms with E-state index in [4.69, 9.17) is 0 Å². The maximum Gasteiger partial charge on any atom is 0.238 e. The van der Waals surface area contributed by atoms with E-state index in [0.717, 1.165) is 16.8 Å². The van der Waals surface area contributed by atoms with Crippen molar-refractivity contribution in [3.8, 4) is 0 Å². The minimum Gasteiger partial charge on any atom is -0.352 e. The fraction of sp³-hybridized carbons (Fsp3) is 0.147. The van der Waals surface area contributed by atoms with Crippen LogP contribution in [-0.2, 0) is 10.2 Å². The van der Waals surface area contributed by atoms with E-state index in [1.807, 2.05) is 66.4 Å².